The predicted octanol–water partition coefficient (Wildman–Crippen LogP) is 1.15. The summed E-state index contributed by atoms with van der Waals surface area (Å²) in [4.78, 5) is 0. The highest BCUT2D eigenvalue weighted by Crippen LogP contribution is 2.14. The number of nitrogens with zero attached hydrogens (tertiary/aromatic N) is 1. The topological polar surface area (TPSA) is 15.8 Å². The molecule has 1 aliphatic rings. The Morgan fingerprint density at radius 2 is 2.00 bits per heavy atom. The molecular formula is C7H17NOSi. The molecule has 1 rings (SSSR count). The van der Waals surface area contributed by atoms with Crippen LogP contribution in [-0.4, -0.2) is 39.1 Å². The summed E-state index contributed by atoms with van der Waals surface area (Å²) in [5, 5.41) is 0. The quantitative estimate of drug-likeness (QED) is 0.453. The van der Waals surface area contributed by atoms with E-state index in [9.17, 15) is 0 Å². The number of ether oxygens (including phenoxy) is 1. The molecule has 0 amide bonds. The third kappa shape index (κ3) is 2.40. The maximum atomic E-state index is 5.15. The molecule has 1 aliphatic heterocycles. The molecular weight excluding hydrogens is 142 g/mol. The smallest absolute Gasteiger partial charge is 0.118 e. The van der Waals surface area contributed by atoms with Crippen molar-refractivity contribution >= 4 is 8.24 Å². The Labute approximate surface area is 64.3 Å². The number of hydrogen-bond acceptors (Lipinski definition) is 2. The van der Waals surface area contributed by atoms with Crippen molar-refractivity contribution in [2.24, 2.45) is 0 Å². The van der Waals surface area contributed by atoms with Crippen LogP contribution in [0.1, 0.15) is 0 Å². The van der Waals surface area contributed by atoms with Gasteiger partial charge in [0, 0.05) is 6.54 Å². The molecule has 0 aromatic rings. The van der Waals surface area contributed by atoms with Gasteiger partial charge in [-0.1, -0.05) is 19.6 Å². The lowest BCUT2D eigenvalue weighted by Gasteiger charge is -2.29. The molecule has 3 heteroatoms. The van der Waals surface area contributed by atoms with Crippen LogP contribution in [0.5, 0.6) is 0 Å². The molecule has 0 aliphatic carbocycles. The van der Waals surface area contributed by atoms with Gasteiger partial charge in [-0.05, 0) is 7.05 Å². The molecule has 0 aromatic carbocycles. The van der Waals surface area contributed by atoms with Gasteiger partial charge in [-0.3, -0.25) is 0 Å². The highest BCUT2D eigenvalue weighted by molar-refractivity contribution is 6.73. The summed E-state index contributed by atoms with van der Waals surface area (Å²) in [6.07, 6.45) is 0.553. The van der Waals surface area contributed by atoms with E-state index in [1.165, 1.54) is 0 Å². The zero-order valence-electron chi connectivity index (χ0n) is 7.35. The van der Waals surface area contributed by atoms with Crippen LogP contribution < -0.4 is 0 Å². The number of epoxide rings is 1. The Kier molecular flexibility index (Phi) is 2.17. The number of rotatable bonds is 3. The zero-order chi connectivity index (χ0) is 7.78. The third-order valence-corrected chi connectivity index (χ3v) is 4.50. The molecule has 1 unspecified atom stereocenters. The molecule has 0 radical (unpaired) electrons. The lowest BCUT2D eigenvalue weighted by Crippen LogP contribution is -2.44. The summed E-state index contributed by atoms with van der Waals surface area (Å²) in [6.45, 7) is 9.19. The van der Waals surface area contributed by atoms with E-state index >= 15 is 0 Å². The first-order chi connectivity index (χ1) is 4.50. The normalized spacial score (nSPS) is 25.5. The Bertz CT molecular complexity index is 117. The Hall–Kier alpha value is 0.137. The van der Waals surface area contributed by atoms with Crippen LogP contribution in [0.15, 0.2) is 0 Å². The average Bonchev–Trinajstić information content (AvgIpc) is 2.47. The van der Waals surface area contributed by atoms with Crippen LogP contribution >= 0.6 is 0 Å². The molecule has 1 fully saturated rings. The maximum Gasteiger partial charge on any atom is 0.118 e. The Balaban J connectivity index is 2.25. The van der Waals surface area contributed by atoms with Crippen molar-refractivity contribution in [1.29, 1.82) is 0 Å². The van der Waals surface area contributed by atoms with E-state index < -0.39 is 8.24 Å². The molecule has 0 aromatic heterocycles. The minimum absolute atomic E-state index is 0.553. The molecule has 0 bridgehead atoms. The second kappa shape index (κ2) is 2.64. The van der Waals surface area contributed by atoms with Crippen LogP contribution in [0.3, 0.4) is 0 Å². The van der Waals surface area contributed by atoms with Crippen LogP contribution in [-0.2, 0) is 4.74 Å². The molecule has 10 heavy (non-hydrogen) atoms. The van der Waals surface area contributed by atoms with E-state index in [4.69, 9.17) is 4.74 Å². The first-order valence-corrected chi connectivity index (χ1v) is 7.28. The van der Waals surface area contributed by atoms with Crippen molar-refractivity contribution in [3.05, 3.63) is 0 Å². The van der Waals surface area contributed by atoms with Gasteiger partial charge in [-0.25, -0.2) is 0 Å². The van der Waals surface area contributed by atoms with Crippen molar-refractivity contribution in [3.63, 3.8) is 0 Å². The van der Waals surface area contributed by atoms with Crippen LogP contribution in [0.4, 0.5) is 0 Å². The van der Waals surface area contributed by atoms with Gasteiger partial charge in [0.25, 0.3) is 0 Å². The van der Waals surface area contributed by atoms with Crippen LogP contribution in [0, 0.1) is 0 Å². The van der Waals surface area contributed by atoms with E-state index in [0.29, 0.717) is 6.10 Å². The van der Waals surface area contributed by atoms with Gasteiger partial charge in [-0.2, -0.15) is 0 Å². The SMILES string of the molecule is CN(CC1CO1)[Si](C)(C)C. The summed E-state index contributed by atoms with van der Waals surface area (Å²) in [5.74, 6) is 0. The summed E-state index contributed by atoms with van der Waals surface area (Å²) in [7, 11) is 1.17. The summed E-state index contributed by atoms with van der Waals surface area (Å²) in [5.41, 5.74) is 0. The fraction of sp³-hybridized carbons (Fsp3) is 1.00. The maximum absolute atomic E-state index is 5.15. The fourth-order valence-corrected chi connectivity index (χ4v) is 1.50. The average molecular weight is 159 g/mol. The van der Waals surface area contributed by atoms with Crippen molar-refractivity contribution in [2.75, 3.05) is 20.2 Å². The van der Waals surface area contributed by atoms with Gasteiger partial charge >= 0.3 is 0 Å². The fourth-order valence-electron chi connectivity index (χ4n) is 0.753. The molecule has 0 saturated carbocycles. The van der Waals surface area contributed by atoms with Gasteiger partial charge in [0.15, 0.2) is 0 Å². The first kappa shape index (κ1) is 8.24. The van der Waals surface area contributed by atoms with Crippen LogP contribution in [0.2, 0.25) is 19.6 Å². The van der Waals surface area contributed by atoms with Gasteiger partial charge in [0.05, 0.1) is 12.7 Å². The largest absolute Gasteiger partial charge is 0.372 e. The highest BCUT2D eigenvalue weighted by atomic mass is 28.3. The molecule has 1 atom stereocenters. The predicted molar refractivity (Wildman–Crippen MR) is 45.7 cm³/mol. The van der Waals surface area contributed by atoms with Gasteiger partial charge in [0.2, 0.25) is 0 Å². The minimum Gasteiger partial charge on any atom is -0.372 e. The Morgan fingerprint density at radius 1 is 1.50 bits per heavy atom. The molecule has 60 valence electrons. The molecule has 0 N–H and O–H groups in total. The lowest BCUT2D eigenvalue weighted by atomic mass is 10.5. The molecule has 0 spiro atoms. The van der Waals surface area contributed by atoms with Gasteiger partial charge in [-0.15, -0.1) is 0 Å². The van der Waals surface area contributed by atoms with Gasteiger partial charge in [0.1, 0.15) is 8.24 Å². The Morgan fingerprint density at radius 3 is 2.30 bits per heavy atom. The van der Waals surface area contributed by atoms with Crippen molar-refractivity contribution < 1.29 is 4.74 Å². The molecule has 1 heterocycles. The summed E-state index contributed by atoms with van der Waals surface area (Å²) in [6, 6.07) is 0. The van der Waals surface area contributed by atoms with Crippen molar-refractivity contribution in [3.8, 4) is 0 Å². The first-order valence-electron chi connectivity index (χ1n) is 3.83. The van der Waals surface area contributed by atoms with Crippen molar-refractivity contribution in [1.82, 2.24) is 4.57 Å². The molecule has 1 saturated heterocycles. The number of likely N-dealkylation sites (N-methyl/N-ethyl adjacent to an activating group) is 1. The minimum atomic E-state index is -1.03. The molecule has 2 nitrogen and oxygen atoms in total. The summed E-state index contributed by atoms with van der Waals surface area (Å²) < 4.78 is 7.62. The van der Waals surface area contributed by atoms with E-state index in [-0.39, 0.29) is 0 Å². The highest BCUT2D eigenvalue weighted by Gasteiger charge is 2.29. The van der Waals surface area contributed by atoms with E-state index in [0.717, 1.165) is 13.2 Å². The summed E-state index contributed by atoms with van der Waals surface area (Å²) >= 11 is 0. The lowest BCUT2D eigenvalue weighted by molar-refractivity contribution is 0.360. The zero-order valence-corrected chi connectivity index (χ0v) is 8.35. The second-order valence-electron chi connectivity index (χ2n) is 4.01. The third-order valence-electron chi connectivity index (χ3n) is 2.03. The van der Waals surface area contributed by atoms with Crippen LogP contribution in [0.25, 0.3) is 0 Å². The second-order valence-corrected chi connectivity index (χ2v) is 9.11. The van der Waals surface area contributed by atoms with Gasteiger partial charge < -0.3 is 9.30 Å². The standard InChI is InChI=1S/C7H17NOSi/c1-8(10(2,3)4)5-7-6-9-7/h7H,5-6H2,1-4H3. The van der Waals surface area contributed by atoms with E-state index in [1.807, 2.05) is 0 Å². The number of hydrogen-bond donors (Lipinski definition) is 0. The van der Waals surface area contributed by atoms with E-state index in [1.54, 1.807) is 0 Å². The van der Waals surface area contributed by atoms with E-state index in [2.05, 4.69) is 31.3 Å². The van der Waals surface area contributed by atoms with Crippen molar-refractivity contribution in [2.45, 2.75) is 25.7 Å². The monoisotopic (exact) mass is 159 g/mol.